The number of nitrogens with zero attached hydrogens (tertiary/aromatic N) is 3. The van der Waals surface area contributed by atoms with Crippen molar-refractivity contribution in [3.8, 4) is 0 Å². The van der Waals surface area contributed by atoms with E-state index in [1.807, 2.05) is 0 Å². The molecule has 158 valence electrons. The van der Waals surface area contributed by atoms with Gasteiger partial charge in [-0.3, -0.25) is 10.6 Å². The molecule has 0 saturated carbocycles. The predicted molar refractivity (Wildman–Crippen MR) is 113 cm³/mol. The van der Waals surface area contributed by atoms with E-state index in [2.05, 4.69) is 20.2 Å². The van der Waals surface area contributed by atoms with Crippen LogP contribution >= 0.6 is 11.6 Å². The number of fused-ring (bicyclic) bond motifs is 1. The Hall–Kier alpha value is -2.75. The van der Waals surface area contributed by atoms with Crippen molar-refractivity contribution in [2.24, 2.45) is 0 Å². The van der Waals surface area contributed by atoms with Gasteiger partial charge in [0, 0.05) is 23.7 Å². The molecule has 1 fully saturated rings. The number of likely N-dealkylation sites (tertiary alicyclic amines) is 1. The molecule has 0 radical (unpaired) electrons. The fraction of sp³-hybridized carbons (Fsp3) is 0.300. The monoisotopic (exact) mass is 434 g/mol. The van der Waals surface area contributed by atoms with Gasteiger partial charge in [0.15, 0.2) is 17.5 Å². The van der Waals surface area contributed by atoms with Gasteiger partial charge >= 0.3 is 0 Å². The van der Waals surface area contributed by atoms with E-state index in [9.17, 15) is 14.0 Å². The van der Waals surface area contributed by atoms with E-state index in [4.69, 9.17) is 17.0 Å². The molecule has 3 aromatic rings. The molecular weight excluding hydrogens is 414 g/mol. The molecule has 1 aromatic heterocycles. The minimum Gasteiger partial charge on any atom is -0.355 e. The molecule has 0 spiro atoms. The summed E-state index contributed by atoms with van der Waals surface area (Å²) >= 11 is 5.93. The van der Waals surface area contributed by atoms with Crippen molar-refractivity contribution in [3.05, 3.63) is 52.6 Å². The number of H-pyrrole nitrogens is 1. The Morgan fingerprint density at radius 1 is 1.30 bits per heavy atom. The third kappa shape index (κ3) is 4.09. The van der Waals surface area contributed by atoms with Gasteiger partial charge in [0.1, 0.15) is 5.52 Å². The van der Waals surface area contributed by atoms with Crippen LogP contribution in [0.5, 0.6) is 0 Å². The van der Waals surface area contributed by atoms with E-state index in [0.29, 0.717) is 16.6 Å². The van der Waals surface area contributed by atoms with Gasteiger partial charge < -0.3 is 15.2 Å². The maximum absolute atomic E-state index is 14.3. The second kappa shape index (κ2) is 8.55. The topological polar surface area (TPSA) is 91.3 Å². The molecule has 0 unspecified atom stereocenters. The largest absolute Gasteiger partial charge is 0.355 e. The molecule has 0 bridgehead atoms. The average Bonchev–Trinajstić information content (AvgIpc) is 3.40. The zero-order chi connectivity index (χ0) is 21.3. The first kappa shape index (κ1) is 20.5. The van der Waals surface area contributed by atoms with Crippen LogP contribution in [0.4, 0.5) is 20.4 Å². The molecule has 0 aliphatic carbocycles. The average molecular weight is 435 g/mol. The second-order valence-corrected chi connectivity index (χ2v) is 7.58. The SMILES string of the molecule is N=C(c1cc(F)c(F)c2nc(NCCN3CCCC3)[nH]c12)N(O)c1cccc(Cl)c1. The Bertz CT molecular complexity index is 1080. The third-order valence-electron chi connectivity index (χ3n) is 5.10. The maximum Gasteiger partial charge on any atom is 0.201 e. The van der Waals surface area contributed by atoms with Gasteiger partial charge in [0.2, 0.25) is 5.95 Å². The van der Waals surface area contributed by atoms with Gasteiger partial charge in [-0.25, -0.2) is 18.8 Å². The summed E-state index contributed by atoms with van der Waals surface area (Å²) in [5, 5.41) is 22.8. The van der Waals surface area contributed by atoms with Crippen LogP contribution in [0.15, 0.2) is 30.3 Å². The van der Waals surface area contributed by atoms with E-state index < -0.39 is 17.5 Å². The van der Waals surface area contributed by atoms with Crippen molar-refractivity contribution in [1.29, 1.82) is 5.41 Å². The number of anilines is 2. The molecule has 1 aliphatic rings. The molecule has 4 N–H and O–H groups in total. The number of imidazole rings is 1. The first-order valence-electron chi connectivity index (χ1n) is 9.61. The van der Waals surface area contributed by atoms with Crippen molar-refractivity contribution in [2.75, 3.05) is 36.6 Å². The summed E-state index contributed by atoms with van der Waals surface area (Å²) in [4.78, 5) is 9.32. The highest BCUT2D eigenvalue weighted by Crippen LogP contribution is 2.27. The first-order chi connectivity index (χ1) is 14.4. The van der Waals surface area contributed by atoms with Gasteiger partial charge in [0.25, 0.3) is 0 Å². The van der Waals surface area contributed by atoms with Crippen LogP contribution in [0.3, 0.4) is 0 Å². The highest BCUT2D eigenvalue weighted by atomic mass is 35.5. The summed E-state index contributed by atoms with van der Waals surface area (Å²) in [7, 11) is 0. The van der Waals surface area contributed by atoms with E-state index in [0.717, 1.165) is 25.7 Å². The zero-order valence-corrected chi connectivity index (χ0v) is 16.8. The number of amidine groups is 1. The lowest BCUT2D eigenvalue weighted by Crippen LogP contribution is -2.27. The zero-order valence-electron chi connectivity index (χ0n) is 16.1. The minimum absolute atomic E-state index is 0.0357. The quantitative estimate of drug-likeness (QED) is 0.265. The molecule has 2 heterocycles. The number of hydrogen-bond acceptors (Lipinski definition) is 5. The minimum atomic E-state index is -1.16. The van der Waals surface area contributed by atoms with Crippen LogP contribution < -0.4 is 10.4 Å². The molecule has 7 nitrogen and oxygen atoms in total. The van der Waals surface area contributed by atoms with Crippen molar-refractivity contribution < 1.29 is 14.0 Å². The number of aromatic amines is 1. The lowest BCUT2D eigenvalue weighted by Gasteiger charge is -2.18. The van der Waals surface area contributed by atoms with Gasteiger partial charge in [-0.05, 0) is 50.2 Å². The van der Waals surface area contributed by atoms with Gasteiger partial charge in [-0.15, -0.1) is 0 Å². The third-order valence-corrected chi connectivity index (χ3v) is 5.34. The standard InChI is InChI=1S/C20H21ClF2N6O/c21-12-4-3-5-13(10-12)29(30)19(24)14-11-15(22)16(23)18-17(14)26-20(27-18)25-6-9-28-7-1-2-8-28/h3-5,10-11,24,30H,1-2,6-9H2,(H2,25,26,27). The number of nitrogens with one attached hydrogen (secondary N) is 3. The van der Waals surface area contributed by atoms with Crippen molar-refractivity contribution in [1.82, 2.24) is 14.9 Å². The Kier molecular flexibility index (Phi) is 5.85. The van der Waals surface area contributed by atoms with E-state index in [-0.39, 0.29) is 28.2 Å². The summed E-state index contributed by atoms with van der Waals surface area (Å²) in [6.45, 7) is 3.51. The van der Waals surface area contributed by atoms with Gasteiger partial charge in [0.05, 0.1) is 11.2 Å². The Labute approximate surface area is 176 Å². The first-order valence-corrected chi connectivity index (χ1v) is 9.99. The number of hydrogen-bond donors (Lipinski definition) is 4. The van der Waals surface area contributed by atoms with Crippen LogP contribution in [0, 0.1) is 17.0 Å². The van der Waals surface area contributed by atoms with E-state index >= 15 is 0 Å². The van der Waals surface area contributed by atoms with Crippen molar-refractivity contribution in [3.63, 3.8) is 0 Å². The second-order valence-electron chi connectivity index (χ2n) is 7.14. The molecule has 1 aliphatic heterocycles. The van der Waals surface area contributed by atoms with Crippen molar-refractivity contribution in [2.45, 2.75) is 12.8 Å². The number of halogens is 3. The summed E-state index contributed by atoms with van der Waals surface area (Å²) in [6.07, 6.45) is 2.37. The molecular formula is C20H21ClF2N6O. The fourth-order valence-corrected chi connectivity index (χ4v) is 3.75. The number of benzene rings is 2. The summed E-state index contributed by atoms with van der Waals surface area (Å²) in [6, 6.07) is 7.07. The summed E-state index contributed by atoms with van der Waals surface area (Å²) < 4.78 is 28.5. The molecule has 30 heavy (non-hydrogen) atoms. The van der Waals surface area contributed by atoms with Crippen LogP contribution in [0.25, 0.3) is 11.0 Å². The van der Waals surface area contributed by atoms with Gasteiger partial charge in [-0.1, -0.05) is 17.7 Å². The van der Waals surface area contributed by atoms with Crippen molar-refractivity contribution >= 4 is 40.1 Å². The lowest BCUT2D eigenvalue weighted by atomic mass is 10.1. The molecule has 2 aromatic carbocycles. The Morgan fingerprint density at radius 3 is 2.80 bits per heavy atom. The molecule has 0 atom stereocenters. The maximum atomic E-state index is 14.3. The molecule has 1 saturated heterocycles. The molecule has 0 amide bonds. The Morgan fingerprint density at radius 2 is 2.07 bits per heavy atom. The smallest absolute Gasteiger partial charge is 0.201 e. The summed E-state index contributed by atoms with van der Waals surface area (Å²) in [5.74, 6) is -2.45. The van der Waals surface area contributed by atoms with Crippen LogP contribution in [-0.2, 0) is 0 Å². The predicted octanol–water partition coefficient (Wildman–Crippen LogP) is 4.22. The fourth-order valence-electron chi connectivity index (χ4n) is 3.56. The molecule has 10 heteroatoms. The summed E-state index contributed by atoms with van der Waals surface area (Å²) in [5.41, 5.74) is 0.0573. The molecule has 4 rings (SSSR count). The highest BCUT2D eigenvalue weighted by Gasteiger charge is 2.22. The van der Waals surface area contributed by atoms with Crippen LogP contribution in [0.1, 0.15) is 18.4 Å². The van der Waals surface area contributed by atoms with Gasteiger partial charge in [-0.2, -0.15) is 0 Å². The Balaban J connectivity index is 1.61. The normalized spacial score (nSPS) is 14.4. The number of rotatable bonds is 6. The number of aromatic nitrogens is 2. The van der Waals surface area contributed by atoms with Crippen LogP contribution in [0.2, 0.25) is 5.02 Å². The van der Waals surface area contributed by atoms with Crippen LogP contribution in [-0.4, -0.2) is 52.1 Å². The van der Waals surface area contributed by atoms with E-state index in [1.165, 1.54) is 25.0 Å². The highest BCUT2D eigenvalue weighted by molar-refractivity contribution is 6.31. The van der Waals surface area contributed by atoms with E-state index in [1.54, 1.807) is 12.1 Å². The lowest BCUT2D eigenvalue weighted by molar-refractivity contribution is 0.312. The number of hydroxylamine groups is 1.